The van der Waals surface area contributed by atoms with Gasteiger partial charge in [-0.1, -0.05) is 18.7 Å². The molecule has 2 rings (SSSR count). The Morgan fingerprint density at radius 2 is 2.00 bits per heavy atom. The van der Waals surface area contributed by atoms with E-state index in [-0.39, 0.29) is 6.61 Å². The van der Waals surface area contributed by atoms with E-state index in [1.165, 1.54) is 11.8 Å². The van der Waals surface area contributed by atoms with Crippen LogP contribution in [0.25, 0.3) is 0 Å². The molecule has 1 aromatic carbocycles. The smallest absolute Gasteiger partial charge is 0.313 e. The van der Waals surface area contributed by atoms with Crippen LogP contribution in [0, 0.1) is 0 Å². The maximum atomic E-state index is 11.8. The molecule has 0 saturated heterocycles. The molecule has 7 nitrogen and oxygen atoms in total. The third-order valence-electron chi connectivity index (χ3n) is 3.35. The van der Waals surface area contributed by atoms with Gasteiger partial charge in [0.25, 0.3) is 0 Å². The monoisotopic (exact) mass is 348 g/mol. The lowest BCUT2D eigenvalue weighted by Crippen LogP contribution is -2.43. The first-order valence-electron chi connectivity index (χ1n) is 7.51. The van der Waals surface area contributed by atoms with Crippen LogP contribution in [0.15, 0.2) is 46.7 Å². The number of imidazole rings is 1. The Balaban J connectivity index is 1.92. The summed E-state index contributed by atoms with van der Waals surface area (Å²) in [7, 11) is 1.92. The van der Waals surface area contributed by atoms with Crippen LogP contribution < -0.4 is 10.6 Å². The number of hydrogen-bond donors (Lipinski definition) is 3. The summed E-state index contributed by atoms with van der Waals surface area (Å²) in [4.78, 5) is 28.8. The molecule has 1 atom stereocenters. The summed E-state index contributed by atoms with van der Waals surface area (Å²) in [5.41, 5.74) is 0.524. The molecule has 2 aromatic rings. The topological polar surface area (TPSA) is 96.2 Å². The van der Waals surface area contributed by atoms with Gasteiger partial charge in [0.2, 0.25) is 0 Å². The second-order valence-electron chi connectivity index (χ2n) is 5.16. The van der Waals surface area contributed by atoms with Crippen molar-refractivity contribution in [1.29, 1.82) is 0 Å². The van der Waals surface area contributed by atoms with Crippen molar-refractivity contribution in [2.24, 2.45) is 7.05 Å². The molecule has 1 aromatic heterocycles. The molecule has 0 bridgehead atoms. The number of aromatic nitrogens is 2. The minimum atomic E-state index is -0.762. The van der Waals surface area contributed by atoms with Gasteiger partial charge >= 0.3 is 11.8 Å². The van der Waals surface area contributed by atoms with E-state index in [2.05, 4.69) is 15.6 Å². The molecular weight excluding hydrogens is 328 g/mol. The molecule has 1 heterocycles. The van der Waals surface area contributed by atoms with Gasteiger partial charge in [-0.25, -0.2) is 4.98 Å². The highest BCUT2D eigenvalue weighted by molar-refractivity contribution is 7.99. The molecule has 0 aliphatic carbocycles. The lowest BCUT2D eigenvalue weighted by molar-refractivity contribution is -0.136. The van der Waals surface area contributed by atoms with Crippen LogP contribution >= 0.6 is 11.8 Å². The number of amides is 2. The average molecular weight is 348 g/mol. The number of benzene rings is 1. The minimum absolute atomic E-state index is 0.200. The lowest BCUT2D eigenvalue weighted by atomic mass is 10.2. The maximum Gasteiger partial charge on any atom is 0.313 e. The van der Waals surface area contributed by atoms with Gasteiger partial charge in [0, 0.05) is 30.0 Å². The fourth-order valence-corrected chi connectivity index (χ4v) is 2.68. The number of carbonyl (C=O) groups excluding carboxylic acids is 2. The summed E-state index contributed by atoms with van der Waals surface area (Å²) in [6.07, 6.45) is 4.14. The van der Waals surface area contributed by atoms with Crippen molar-refractivity contribution in [3.63, 3.8) is 0 Å². The van der Waals surface area contributed by atoms with Gasteiger partial charge in [0.1, 0.15) is 0 Å². The highest BCUT2D eigenvalue weighted by Gasteiger charge is 2.17. The molecular formula is C16H20N4O3S. The van der Waals surface area contributed by atoms with Crippen molar-refractivity contribution in [1.82, 2.24) is 14.9 Å². The Bertz CT molecular complexity index is 696. The van der Waals surface area contributed by atoms with Crippen molar-refractivity contribution < 1.29 is 14.7 Å². The predicted molar refractivity (Wildman–Crippen MR) is 91.7 cm³/mol. The van der Waals surface area contributed by atoms with E-state index in [9.17, 15) is 9.59 Å². The first kappa shape index (κ1) is 18.0. The van der Waals surface area contributed by atoms with Crippen LogP contribution in [-0.4, -0.2) is 39.1 Å². The van der Waals surface area contributed by atoms with Crippen LogP contribution in [0.4, 0.5) is 5.69 Å². The Morgan fingerprint density at radius 1 is 1.29 bits per heavy atom. The fourth-order valence-electron chi connectivity index (χ4n) is 1.88. The highest BCUT2D eigenvalue weighted by atomic mass is 32.2. The largest absolute Gasteiger partial charge is 0.394 e. The van der Waals surface area contributed by atoms with Crippen LogP contribution in [0.2, 0.25) is 0 Å². The Kier molecular flexibility index (Phi) is 6.39. The number of hydrogen-bond acceptors (Lipinski definition) is 5. The average Bonchev–Trinajstić information content (AvgIpc) is 2.99. The first-order chi connectivity index (χ1) is 11.5. The van der Waals surface area contributed by atoms with Crippen LogP contribution in [0.5, 0.6) is 0 Å². The quantitative estimate of drug-likeness (QED) is 0.686. The SMILES string of the molecule is CCC(CO)NC(=O)C(=O)Nc1ccc(Sc2nccn2C)cc1. The molecule has 24 heavy (non-hydrogen) atoms. The van der Waals surface area contributed by atoms with Crippen molar-refractivity contribution in [3.8, 4) is 0 Å². The second kappa shape index (κ2) is 8.51. The third-order valence-corrected chi connectivity index (χ3v) is 4.44. The minimum Gasteiger partial charge on any atom is -0.394 e. The molecule has 0 saturated carbocycles. The molecule has 3 N–H and O–H groups in total. The molecule has 0 spiro atoms. The van der Waals surface area contributed by atoms with E-state index in [1.54, 1.807) is 18.3 Å². The van der Waals surface area contributed by atoms with Gasteiger partial charge in [-0.15, -0.1) is 0 Å². The second-order valence-corrected chi connectivity index (χ2v) is 6.20. The Hall–Kier alpha value is -2.32. The van der Waals surface area contributed by atoms with E-state index in [1.807, 2.05) is 36.9 Å². The Labute approximate surface area is 144 Å². The zero-order valence-corrected chi connectivity index (χ0v) is 14.3. The van der Waals surface area contributed by atoms with Gasteiger partial charge in [0.05, 0.1) is 12.6 Å². The van der Waals surface area contributed by atoms with Gasteiger partial charge in [-0.2, -0.15) is 0 Å². The standard InChI is InChI=1S/C16H20N4O3S/c1-3-11(10-21)18-14(22)15(23)19-12-4-6-13(7-5-12)24-16-17-8-9-20(16)2/h4-9,11,21H,3,10H2,1-2H3,(H,18,22)(H,19,23). The molecule has 2 amide bonds. The zero-order chi connectivity index (χ0) is 17.5. The van der Waals surface area contributed by atoms with Crippen LogP contribution in [0.1, 0.15) is 13.3 Å². The number of aliphatic hydroxyl groups is 1. The van der Waals surface area contributed by atoms with Crippen molar-refractivity contribution in [2.75, 3.05) is 11.9 Å². The Morgan fingerprint density at radius 3 is 2.54 bits per heavy atom. The molecule has 1 unspecified atom stereocenters. The zero-order valence-electron chi connectivity index (χ0n) is 13.5. The van der Waals surface area contributed by atoms with E-state index >= 15 is 0 Å². The number of anilines is 1. The van der Waals surface area contributed by atoms with Crippen LogP contribution in [-0.2, 0) is 16.6 Å². The first-order valence-corrected chi connectivity index (χ1v) is 8.33. The molecule has 0 aliphatic rings. The van der Waals surface area contributed by atoms with Gasteiger partial charge in [0.15, 0.2) is 5.16 Å². The molecule has 8 heteroatoms. The van der Waals surface area contributed by atoms with Gasteiger partial charge in [-0.3, -0.25) is 9.59 Å². The number of carbonyl (C=O) groups is 2. The van der Waals surface area contributed by atoms with E-state index in [0.29, 0.717) is 12.1 Å². The number of rotatable bonds is 6. The highest BCUT2D eigenvalue weighted by Crippen LogP contribution is 2.26. The predicted octanol–water partition coefficient (Wildman–Crippen LogP) is 1.40. The summed E-state index contributed by atoms with van der Waals surface area (Å²) in [5, 5.41) is 14.9. The number of aliphatic hydroxyl groups excluding tert-OH is 1. The van der Waals surface area contributed by atoms with Gasteiger partial charge < -0.3 is 20.3 Å². The van der Waals surface area contributed by atoms with E-state index in [0.717, 1.165) is 10.1 Å². The number of nitrogens with zero attached hydrogens (tertiary/aromatic N) is 2. The van der Waals surface area contributed by atoms with Crippen molar-refractivity contribution >= 4 is 29.3 Å². The summed E-state index contributed by atoms with van der Waals surface area (Å²) in [6.45, 7) is 1.62. The van der Waals surface area contributed by atoms with Crippen molar-refractivity contribution in [2.45, 2.75) is 29.4 Å². The fraction of sp³-hybridized carbons (Fsp3) is 0.312. The normalized spacial score (nSPS) is 11.8. The summed E-state index contributed by atoms with van der Waals surface area (Å²) in [5.74, 6) is -1.52. The molecule has 0 aliphatic heterocycles. The lowest BCUT2D eigenvalue weighted by Gasteiger charge is -2.13. The van der Waals surface area contributed by atoms with Gasteiger partial charge in [-0.05, 0) is 30.7 Å². The summed E-state index contributed by atoms with van der Waals surface area (Å²) in [6, 6.07) is 6.71. The molecule has 0 radical (unpaired) electrons. The van der Waals surface area contributed by atoms with E-state index in [4.69, 9.17) is 5.11 Å². The van der Waals surface area contributed by atoms with Crippen LogP contribution in [0.3, 0.4) is 0 Å². The van der Waals surface area contributed by atoms with E-state index < -0.39 is 17.9 Å². The summed E-state index contributed by atoms with van der Waals surface area (Å²) >= 11 is 1.50. The third kappa shape index (κ3) is 4.84. The summed E-state index contributed by atoms with van der Waals surface area (Å²) < 4.78 is 1.91. The number of nitrogens with one attached hydrogen (secondary N) is 2. The van der Waals surface area contributed by atoms with Crippen molar-refractivity contribution in [3.05, 3.63) is 36.7 Å². The number of aryl methyl sites for hydroxylation is 1. The molecule has 128 valence electrons. The maximum absolute atomic E-state index is 11.8. The molecule has 0 fully saturated rings.